The first-order valence-corrected chi connectivity index (χ1v) is 13.7. The highest BCUT2D eigenvalue weighted by Crippen LogP contribution is 2.26. The van der Waals surface area contributed by atoms with Crippen molar-refractivity contribution in [2.75, 3.05) is 44.3 Å². The molecule has 33 heavy (non-hydrogen) atoms. The average molecular weight is 704 g/mol. The van der Waals surface area contributed by atoms with Gasteiger partial charge in [0.15, 0.2) is 0 Å². The number of rotatable bonds is 3. The maximum atomic E-state index is 13.4. The first-order valence-electron chi connectivity index (χ1n) is 11.1. The summed E-state index contributed by atoms with van der Waals surface area (Å²) < 4.78 is 27.8. The summed E-state index contributed by atoms with van der Waals surface area (Å²) in [5.41, 5.74) is 0.928. The number of nitrogens with one attached hydrogen (secondary N) is 1. The summed E-state index contributed by atoms with van der Waals surface area (Å²) in [6.45, 7) is 4.61. The predicted molar refractivity (Wildman–Crippen MR) is 146 cm³/mol. The van der Waals surface area contributed by atoms with Crippen molar-refractivity contribution in [3.05, 3.63) is 60.5 Å². The summed E-state index contributed by atoms with van der Waals surface area (Å²) in [7, 11) is 0. The fraction of sp³-hybridized carbons (Fsp3) is 0.500. The Hall–Kier alpha value is -0.330. The van der Waals surface area contributed by atoms with Crippen LogP contribution in [0.5, 0.6) is 0 Å². The van der Waals surface area contributed by atoms with Crippen LogP contribution < -0.4 is 10.2 Å². The first kappa shape index (κ1) is 28.9. The van der Waals surface area contributed by atoms with Crippen molar-refractivity contribution in [2.24, 2.45) is 11.8 Å². The van der Waals surface area contributed by atoms with Gasteiger partial charge in [-0.3, -0.25) is 0 Å². The second-order valence-electron chi connectivity index (χ2n) is 8.15. The van der Waals surface area contributed by atoms with Crippen LogP contribution in [0.1, 0.15) is 25.7 Å². The zero-order valence-corrected chi connectivity index (χ0v) is 23.8. The Labute approximate surface area is 225 Å². The summed E-state index contributed by atoms with van der Waals surface area (Å²) >= 11 is 8.26. The highest BCUT2D eigenvalue weighted by molar-refractivity contribution is 14.1. The van der Waals surface area contributed by atoms with Crippen LogP contribution in [0.4, 0.5) is 14.5 Å². The minimum atomic E-state index is -0.221. The van der Waals surface area contributed by atoms with Crippen LogP contribution in [-0.2, 0) is 0 Å². The molecule has 0 atom stereocenters. The van der Waals surface area contributed by atoms with Gasteiger partial charge in [0.05, 0.1) is 8.95 Å². The number of hydrogen-bond acceptors (Lipinski definition) is 4. The summed E-state index contributed by atoms with van der Waals surface area (Å²) in [4.78, 5) is 2.17. The Kier molecular flexibility index (Phi) is 13.7. The molecule has 4 nitrogen and oxygen atoms in total. The molecular weight excluding hydrogens is 673 g/mol. The molecule has 2 saturated heterocycles. The molecule has 184 valence electrons. The molecule has 0 spiro atoms. The lowest BCUT2D eigenvalue weighted by Crippen LogP contribution is -2.34. The molecule has 4 rings (SSSR count). The maximum Gasteiger partial charge on any atom is 0.139 e. The largest absolute Gasteiger partial charge is 0.396 e. The van der Waals surface area contributed by atoms with Crippen LogP contribution in [0.2, 0.25) is 0 Å². The number of aliphatic hydroxyl groups is 2. The Bertz CT molecular complexity index is 849. The minimum Gasteiger partial charge on any atom is -0.396 e. The third-order valence-electron chi connectivity index (χ3n) is 5.74. The van der Waals surface area contributed by atoms with E-state index in [-0.39, 0.29) is 18.2 Å². The zero-order chi connectivity index (χ0) is 24.2. The van der Waals surface area contributed by atoms with Crippen LogP contribution in [0.3, 0.4) is 0 Å². The zero-order valence-electron chi connectivity index (χ0n) is 18.4. The van der Waals surface area contributed by atoms with E-state index in [2.05, 4.69) is 64.7 Å². The highest BCUT2D eigenvalue weighted by atomic mass is 127. The Morgan fingerprint density at radius 2 is 1.36 bits per heavy atom. The topological polar surface area (TPSA) is 55.7 Å². The second-order valence-corrected chi connectivity index (χ2v) is 11.1. The number of piperidine rings is 2. The number of benzene rings is 2. The SMILES string of the molecule is Fc1cc(I)ccc1Br.OCC1CCN(c2ccc(Br)c(F)c2)CC1.OCC1CCNCC1. The van der Waals surface area contributed by atoms with E-state index in [0.717, 1.165) is 61.1 Å². The molecule has 2 aromatic carbocycles. The molecule has 2 aromatic rings. The van der Waals surface area contributed by atoms with Crippen molar-refractivity contribution < 1.29 is 19.0 Å². The van der Waals surface area contributed by atoms with Crippen molar-refractivity contribution in [3.8, 4) is 0 Å². The standard InChI is InChI=1S/C12H15BrFNO.C6H3BrFI.C6H13NO/c13-11-2-1-10(7-12(11)14)15-5-3-9(8-16)4-6-15;7-5-2-1-4(9)3-6(5)8;8-5-6-1-3-7-4-2-6/h1-2,7,9,16H,3-6,8H2;1-3H;6-8H,1-5H2. The molecule has 2 aliphatic heterocycles. The molecule has 0 amide bonds. The molecule has 2 fully saturated rings. The van der Waals surface area contributed by atoms with Crippen LogP contribution in [0, 0.1) is 27.0 Å². The molecule has 9 heteroatoms. The highest BCUT2D eigenvalue weighted by Gasteiger charge is 2.19. The van der Waals surface area contributed by atoms with E-state index in [1.165, 1.54) is 6.07 Å². The van der Waals surface area contributed by atoms with Gasteiger partial charge in [0.1, 0.15) is 11.6 Å². The number of nitrogens with zero attached hydrogens (tertiary/aromatic N) is 1. The van der Waals surface area contributed by atoms with Crippen LogP contribution in [0.15, 0.2) is 45.3 Å². The van der Waals surface area contributed by atoms with Crippen molar-refractivity contribution in [1.29, 1.82) is 0 Å². The van der Waals surface area contributed by atoms with Gasteiger partial charge in [0.2, 0.25) is 0 Å². The van der Waals surface area contributed by atoms with E-state index in [0.29, 0.717) is 27.4 Å². The number of aliphatic hydroxyl groups excluding tert-OH is 2. The van der Waals surface area contributed by atoms with Crippen molar-refractivity contribution in [3.63, 3.8) is 0 Å². The van der Waals surface area contributed by atoms with Crippen LogP contribution in [0.25, 0.3) is 0 Å². The van der Waals surface area contributed by atoms with Crippen LogP contribution in [-0.4, -0.2) is 49.6 Å². The molecule has 0 aliphatic carbocycles. The van der Waals surface area contributed by atoms with Gasteiger partial charge >= 0.3 is 0 Å². The molecule has 0 saturated carbocycles. The van der Waals surface area contributed by atoms with Gasteiger partial charge < -0.3 is 20.4 Å². The van der Waals surface area contributed by atoms with Gasteiger partial charge in [-0.1, -0.05) is 0 Å². The average Bonchev–Trinajstić information content (AvgIpc) is 2.85. The van der Waals surface area contributed by atoms with Gasteiger partial charge in [-0.15, -0.1) is 0 Å². The lowest BCUT2D eigenvalue weighted by molar-refractivity contribution is 0.196. The molecule has 0 radical (unpaired) electrons. The third-order valence-corrected chi connectivity index (χ3v) is 7.70. The maximum absolute atomic E-state index is 13.4. The summed E-state index contributed by atoms with van der Waals surface area (Å²) in [6, 6.07) is 10.2. The summed E-state index contributed by atoms with van der Waals surface area (Å²) in [6.07, 6.45) is 4.26. The quantitative estimate of drug-likeness (QED) is 0.273. The lowest BCUT2D eigenvalue weighted by Gasteiger charge is -2.32. The first-order chi connectivity index (χ1) is 15.8. The van der Waals surface area contributed by atoms with Gasteiger partial charge in [0, 0.05) is 35.6 Å². The molecule has 2 heterocycles. The van der Waals surface area contributed by atoms with Crippen molar-refractivity contribution in [1.82, 2.24) is 5.32 Å². The van der Waals surface area contributed by atoms with Gasteiger partial charge in [-0.25, -0.2) is 8.78 Å². The smallest absolute Gasteiger partial charge is 0.139 e. The van der Waals surface area contributed by atoms with E-state index < -0.39 is 0 Å². The molecule has 2 aliphatic rings. The Morgan fingerprint density at radius 3 is 1.82 bits per heavy atom. The number of halogens is 5. The minimum absolute atomic E-state index is 0.207. The Balaban J connectivity index is 0.000000192. The fourth-order valence-electron chi connectivity index (χ4n) is 3.59. The van der Waals surface area contributed by atoms with Gasteiger partial charge in [0.25, 0.3) is 0 Å². The number of hydrogen-bond donors (Lipinski definition) is 3. The van der Waals surface area contributed by atoms with Crippen molar-refractivity contribution in [2.45, 2.75) is 25.7 Å². The molecule has 0 aromatic heterocycles. The van der Waals surface area contributed by atoms with E-state index >= 15 is 0 Å². The van der Waals surface area contributed by atoms with E-state index in [4.69, 9.17) is 10.2 Å². The second kappa shape index (κ2) is 15.6. The van der Waals surface area contributed by atoms with Crippen LogP contribution >= 0.6 is 54.5 Å². The normalized spacial score (nSPS) is 17.0. The van der Waals surface area contributed by atoms with E-state index in [1.807, 2.05) is 12.1 Å². The van der Waals surface area contributed by atoms with Crippen molar-refractivity contribution >= 4 is 60.1 Å². The fourth-order valence-corrected chi connectivity index (χ4v) is 4.54. The van der Waals surface area contributed by atoms with E-state index in [9.17, 15) is 8.78 Å². The van der Waals surface area contributed by atoms with Gasteiger partial charge in [-0.05, 0) is 141 Å². The number of anilines is 1. The Morgan fingerprint density at radius 1 is 0.848 bits per heavy atom. The summed E-state index contributed by atoms with van der Waals surface area (Å²) in [5.74, 6) is 0.566. The van der Waals surface area contributed by atoms with Gasteiger partial charge in [-0.2, -0.15) is 0 Å². The monoisotopic (exact) mass is 702 g/mol. The van der Waals surface area contributed by atoms with E-state index in [1.54, 1.807) is 18.2 Å². The molecular formula is C24H31Br2F2IN2O2. The predicted octanol–water partition coefficient (Wildman–Crippen LogP) is 5.97. The lowest BCUT2D eigenvalue weighted by atomic mass is 9.97. The summed E-state index contributed by atoms with van der Waals surface area (Å²) in [5, 5.41) is 20.9. The molecule has 3 N–H and O–H groups in total. The molecule has 0 unspecified atom stereocenters. The molecule has 0 bridgehead atoms. The third kappa shape index (κ3) is 10.4.